The van der Waals surface area contributed by atoms with E-state index in [-0.39, 0.29) is 31.2 Å². The molecule has 0 fully saturated rings. The Kier molecular flexibility index (Phi) is 19.9. The third kappa shape index (κ3) is 10.2. The fourth-order valence-electron chi connectivity index (χ4n) is 0. The summed E-state index contributed by atoms with van der Waals surface area (Å²) in [6, 6.07) is 0. The van der Waals surface area contributed by atoms with Gasteiger partial charge in [-0.3, -0.25) is 0 Å². The Morgan fingerprint density at radius 2 is 1.50 bits per heavy atom. The molecule has 0 saturated heterocycles. The van der Waals surface area contributed by atoms with Gasteiger partial charge in [0.05, 0.1) is 5.34 Å². The second kappa shape index (κ2) is 8.84. The van der Waals surface area contributed by atoms with Crippen molar-refractivity contribution in [1.82, 2.24) is 0 Å². The van der Waals surface area contributed by atoms with Crippen LogP contribution in [0.25, 0.3) is 0 Å². The molecule has 0 atom stereocenters. The smallest absolute Gasteiger partial charge is 1.00 e. The standard InChI is InChI=1S/CH2Cl2.Mg.2H/c2-1-3;;;/h1H2;;;/q;+2;2*-1. The van der Waals surface area contributed by atoms with Crippen LogP contribution in [-0.2, 0) is 0 Å². The molecule has 0 radical (unpaired) electrons. The van der Waals surface area contributed by atoms with E-state index in [0.717, 1.165) is 0 Å². The molecule has 0 aliphatic carbocycles. The molecule has 0 spiro atoms. The van der Waals surface area contributed by atoms with Crippen LogP contribution in [0.3, 0.4) is 0 Å². The van der Waals surface area contributed by atoms with Gasteiger partial charge >= 0.3 is 23.1 Å². The average molecular weight is 111 g/mol. The van der Waals surface area contributed by atoms with Crippen LogP contribution in [0, 0.1) is 0 Å². The van der Waals surface area contributed by atoms with Gasteiger partial charge in [-0.2, -0.15) is 0 Å². The van der Waals surface area contributed by atoms with E-state index in [9.17, 15) is 0 Å². The minimum atomic E-state index is 0. The first-order chi connectivity index (χ1) is 1.41. The van der Waals surface area contributed by atoms with Gasteiger partial charge in [0.1, 0.15) is 0 Å². The summed E-state index contributed by atoms with van der Waals surface area (Å²) >= 11 is 9.53. The molecule has 0 N–H and O–H groups in total. The maximum absolute atomic E-state index is 4.76. The van der Waals surface area contributed by atoms with Crippen LogP contribution in [0.4, 0.5) is 0 Å². The second-order valence-corrected chi connectivity index (χ2v) is 0.909. The van der Waals surface area contributed by atoms with Gasteiger partial charge in [0.2, 0.25) is 0 Å². The summed E-state index contributed by atoms with van der Waals surface area (Å²) in [5.74, 6) is 0. The predicted molar refractivity (Wildman–Crippen MR) is 24.6 cm³/mol. The van der Waals surface area contributed by atoms with Crippen molar-refractivity contribution >= 4 is 46.3 Å². The van der Waals surface area contributed by atoms with Gasteiger partial charge in [-0.1, -0.05) is 0 Å². The molecular weight excluding hydrogens is 107 g/mol. The molecule has 0 heterocycles. The Bertz CT molecular complexity index is 11.5. The number of halogens is 2. The number of hydrogen-bond donors (Lipinski definition) is 0. The molecule has 0 rings (SSSR count). The number of alkyl halides is 2. The summed E-state index contributed by atoms with van der Waals surface area (Å²) < 4.78 is 0. The van der Waals surface area contributed by atoms with Gasteiger partial charge in [0.15, 0.2) is 0 Å². The molecule has 0 bridgehead atoms. The Hall–Kier alpha value is 1.35. The van der Waals surface area contributed by atoms with Gasteiger partial charge in [0, 0.05) is 0 Å². The number of hydrogen-bond acceptors (Lipinski definition) is 0. The first-order valence-electron chi connectivity index (χ1n) is 0.535. The average Bonchev–Trinajstić information content (AvgIpc) is 0.918. The van der Waals surface area contributed by atoms with Gasteiger partial charge in [-0.25, -0.2) is 0 Å². The van der Waals surface area contributed by atoms with E-state index >= 15 is 0 Å². The topological polar surface area (TPSA) is 0 Å². The Labute approximate surface area is 54.6 Å². The van der Waals surface area contributed by atoms with Crippen molar-refractivity contribution in [3.63, 3.8) is 0 Å². The van der Waals surface area contributed by atoms with Crippen molar-refractivity contribution in [1.29, 1.82) is 0 Å². The minimum absolute atomic E-state index is 0. The summed E-state index contributed by atoms with van der Waals surface area (Å²) in [5.41, 5.74) is 0. The summed E-state index contributed by atoms with van der Waals surface area (Å²) in [7, 11) is 0. The molecule has 3 heteroatoms. The molecular formula is CH4Cl2Mg. The van der Waals surface area contributed by atoms with E-state index in [1.165, 1.54) is 0 Å². The normalized spacial score (nSPS) is 4.50. The van der Waals surface area contributed by atoms with Crippen LogP contribution in [0.15, 0.2) is 0 Å². The van der Waals surface area contributed by atoms with E-state index in [2.05, 4.69) is 0 Å². The van der Waals surface area contributed by atoms with Crippen LogP contribution in [0.5, 0.6) is 0 Å². The monoisotopic (exact) mass is 110 g/mol. The van der Waals surface area contributed by atoms with Crippen molar-refractivity contribution in [2.75, 3.05) is 5.34 Å². The zero-order valence-corrected chi connectivity index (χ0v) is 5.10. The molecule has 0 aliphatic heterocycles. The van der Waals surface area contributed by atoms with Gasteiger partial charge in [-0.05, 0) is 0 Å². The SMILES string of the molecule is ClCCl.[H-].[H-].[Mg+2]. The van der Waals surface area contributed by atoms with E-state index in [4.69, 9.17) is 23.2 Å². The van der Waals surface area contributed by atoms with Crippen LogP contribution < -0.4 is 0 Å². The zero-order valence-electron chi connectivity index (χ0n) is 4.17. The molecule has 0 nitrogen and oxygen atoms in total. The van der Waals surface area contributed by atoms with Crippen molar-refractivity contribution in [3.05, 3.63) is 0 Å². The van der Waals surface area contributed by atoms with Gasteiger partial charge < -0.3 is 2.85 Å². The molecule has 24 valence electrons. The largest absolute Gasteiger partial charge is 2.00 e. The predicted octanol–water partition coefficient (Wildman–Crippen LogP) is 1.27. The summed E-state index contributed by atoms with van der Waals surface area (Å²) in [6.45, 7) is 0. The third-order valence-electron chi connectivity index (χ3n) is 0. The first-order valence-corrected chi connectivity index (χ1v) is 1.60. The Balaban J connectivity index is -0.00000000667. The summed E-state index contributed by atoms with van der Waals surface area (Å²) in [5, 5.41) is 0.194. The molecule has 0 aromatic carbocycles. The first kappa shape index (κ1) is 9.02. The molecule has 0 aliphatic rings. The van der Waals surface area contributed by atoms with Gasteiger partial charge in [0.25, 0.3) is 0 Å². The van der Waals surface area contributed by atoms with Crippen molar-refractivity contribution in [3.8, 4) is 0 Å². The Morgan fingerprint density at radius 3 is 1.50 bits per heavy atom. The molecule has 0 saturated carbocycles. The van der Waals surface area contributed by atoms with E-state index in [1.807, 2.05) is 0 Å². The molecule has 0 aromatic rings. The Morgan fingerprint density at radius 1 is 1.50 bits per heavy atom. The molecule has 0 aromatic heterocycles. The summed E-state index contributed by atoms with van der Waals surface area (Å²) in [6.07, 6.45) is 0. The van der Waals surface area contributed by atoms with Crippen molar-refractivity contribution in [2.45, 2.75) is 0 Å². The fourth-order valence-corrected chi connectivity index (χ4v) is 0. The summed E-state index contributed by atoms with van der Waals surface area (Å²) in [4.78, 5) is 0. The third-order valence-corrected chi connectivity index (χ3v) is 0. The number of rotatable bonds is 0. The molecule has 4 heavy (non-hydrogen) atoms. The van der Waals surface area contributed by atoms with Crippen LogP contribution in [0.2, 0.25) is 0 Å². The zero-order chi connectivity index (χ0) is 2.71. The van der Waals surface area contributed by atoms with Crippen molar-refractivity contribution < 1.29 is 2.85 Å². The molecule has 0 amide bonds. The van der Waals surface area contributed by atoms with E-state index in [0.29, 0.717) is 0 Å². The fraction of sp³-hybridized carbons (Fsp3) is 1.00. The van der Waals surface area contributed by atoms with Crippen molar-refractivity contribution in [2.24, 2.45) is 0 Å². The minimum Gasteiger partial charge on any atom is -1.00 e. The van der Waals surface area contributed by atoms with E-state index in [1.54, 1.807) is 0 Å². The maximum atomic E-state index is 4.76. The van der Waals surface area contributed by atoms with Crippen LogP contribution >= 0.6 is 23.2 Å². The van der Waals surface area contributed by atoms with Gasteiger partial charge in [-0.15, -0.1) is 23.2 Å². The molecule has 0 unspecified atom stereocenters. The van der Waals surface area contributed by atoms with Crippen LogP contribution in [-0.4, -0.2) is 28.4 Å². The second-order valence-electron chi connectivity index (χ2n) is 0.101. The van der Waals surface area contributed by atoms with E-state index < -0.39 is 0 Å². The van der Waals surface area contributed by atoms with Crippen LogP contribution in [0.1, 0.15) is 2.85 Å². The quantitative estimate of drug-likeness (QED) is 0.326. The maximum Gasteiger partial charge on any atom is 2.00 e.